The molecule has 0 amide bonds. The van der Waals surface area contributed by atoms with Crippen LogP contribution in [0.15, 0.2) is 23.1 Å². The molecule has 0 unspecified atom stereocenters. The van der Waals surface area contributed by atoms with E-state index in [1.165, 1.54) is 22.5 Å². The first-order valence-corrected chi connectivity index (χ1v) is 7.74. The smallest absolute Gasteiger partial charge is 0.246 e. The third-order valence-corrected chi connectivity index (χ3v) is 5.64. The average molecular weight is 308 g/mol. The normalized spacial score (nSPS) is 24.8. The second-order valence-electron chi connectivity index (χ2n) is 4.79. The number of hydrogen-bond donors (Lipinski definition) is 1. The molecule has 0 saturated carbocycles. The molecule has 0 radical (unpaired) electrons. The summed E-state index contributed by atoms with van der Waals surface area (Å²) in [6.45, 7) is 2.27. The van der Waals surface area contributed by atoms with Gasteiger partial charge in [0, 0.05) is 19.7 Å². The van der Waals surface area contributed by atoms with Crippen LogP contribution in [0.25, 0.3) is 0 Å². The Labute approximate surface area is 116 Å². The number of benzene rings is 1. The van der Waals surface area contributed by atoms with E-state index in [0.29, 0.717) is 0 Å². The molecule has 1 aromatic rings. The summed E-state index contributed by atoms with van der Waals surface area (Å²) in [5.41, 5.74) is 0. The van der Waals surface area contributed by atoms with Gasteiger partial charge in [0.2, 0.25) is 10.0 Å². The number of aliphatic hydroxyl groups excluding tert-OH is 1. The van der Waals surface area contributed by atoms with Crippen molar-refractivity contribution in [1.82, 2.24) is 4.31 Å². The van der Waals surface area contributed by atoms with Crippen LogP contribution in [-0.2, 0) is 10.0 Å². The Balaban J connectivity index is 2.36. The molecule has 1 heterocycles. The standard InChI is InChI=1S/C12H15ClFNO3S/c1-8-5-15(6-9(8)7-16)19(17,18)11-4-2-3-10(13)12(11)14/h2-4,8-9,16H,5-7H2,1H3/t8-,9+/m1/s1. The largest absolute Gasteiger partial charge is 0.396 e. The molecule has 2 atom stereocenters. The maximum absolute atomic E-state index is 13.8. The van der Waals surface area contributed by atoms with E-state index in [-0.39, 0.29) is 36.6 Å². The highest BCUT2D eigenvalue weighted by molar-refractivity contribution is 7.89. The first kappa shape index (κ1) is 14.7. The fraction of sp³-hybridized carbons (Fsp3) is 0.500. The molecule has 1 aliphatic heterocycles. The minimum atomic E-state index is -3.91. The number of nitrogens with zero attached hydrogens (tertiary/aromatic N) is 1. The van der Waals surface area contributed by atoms with Gasteiger partial charge in [-0.15, -0.1) is 0 Å². The quantitative estimate of drug-likeness (QED) is 0.925. The maximum atomic E-state index is 13.8. The summed E-state index contributed by atoms with van der Waals surface area (Å²) >= 11 is 5.61. The molecule has 7 heteroatoms. The Hall–Kier alpha value is -0.690. The summed E-state index contributed by atoms with van der Waals surface area (Å²) in [6, 6.07) is 3.91. The molecule has 19 heavy (non-hydrogen) atoms. The Morgan fingerprint density at radius 3 is 2.74 bits per heavy atom. The van der Waals surface area contributed by atoms with Crippen LogP contribution in [0.2, 0.25) is 5.02 Å². The van der Waals surface area contributed by atoms with Gasteiger partial charge in [-0.05, 0) is 24.0 Å². The highest BCUT2D eigenvalue weighted by Crippen LogP contribution is 2.30. The van der Waals surface area contributed by atoms with E-state index in [1.54, 1.807) is 0 Å². The molecule has 1 aromatic carbocycles. The highest BCUT2D eigenvalue weighted by Gasteiger charge is 2.38. The van der Waals surface area contributed by atoms with Gasteiger partial charge in [-0.3, -0.25) is 0 Å². The third-order valence-electron chi connectivity index (χ3n) is 3.50. The predicted molar refractivity (Wildman–Crippen MR) is 69.9 cm³/mol. The van der Waals surface area contributed by atoms with Crippen molar-refractivity contribution in [3.8, 4) is 0 Å². The molecule has 1 fully saturated rings. The van der Waals surface area contributed by atoms with E-state index in [1.807, 2.05) is 6.92 Å². The maximum Gasteiger partial charge on any atom is 0.246 e. The van der Waals surface area contributed by atoms with Crippen molar-refractivity contribution in [2.45, 2.75) is 11.8 Å². The van der Waals surface area contributed by atoms with E-state index >= 15 is 0 Å². The van der Waals surface area contributed by atoms with E-state index in [4.69, 9.17) is 11.6 Å². The lowest BCUT2D eigenvalue weighted by Gasteiger charge is -2.17. The van der Waals surface area contributed by atoms with Crippen molar-refractivity contribution in [2.24, 2.45) is 11.8 Å². The van der Waals surface area contributed by atoms with Crippen molar-refractivity contribution >= 4 is 21.6 Å². The van der Waals surface area contributed by atoms with Crippen LogP contribution in [0, 0.1) is 17.7 Å². The topological polar surface area (TPSA) is 57.6 Å². The van der Waals surface area contributed by atoms with Gasteiger partial charge in [-0.1, -0.05) is 24.6 Å². The molecular formula is C12H15ClFNO3S. The number of halogens is 2. The van der Waals surface area contributed by atoms with Crippen molar-refractivity contribution in [2.75, 3.05) is 19.7 Å². The van der Waals surface area contributed by atoms with Crippen molar-refractivity contribution in [3.05, 3.63) is 29.0 Å². The number of aliphatic hydroxyl groups is 1. The lowest BCUT2D eigenvalue weighted by Crippen LogP contribution is -2.30. The molecule has 106 valence electrons. The van der Waals surface area contributed by atoms with Gasteiger partial charge in [0.1, 0.15) is 4.90 Å². The third kappa shape index (κ3) is 2.63. The SMILES string of the molecule is C[C@@H]1CN(S(=O)(=O)c2cccc(Cl)c2F)C[C@H]1CO. The van der Waals surface area contributed by atoms with Gasteiger partial charge >= 0.3 is 0 Å². The average Bonchev–Trinajstić information content (AvgIpc) is 2.74. The zero-order valence-corrected chi connectivity index (χ0v) is 12.0. The van der Waals surface area contributed by atoms with E-state index in [0.717, 1.165) is 0 Å². The zero-order chi connectivity index (χ0) is 14.2. The van der Waals surface area contributed by atoms with E-state index < -0.39 is 20.7 Å². The van der Waals surface area contributed by atoms with Crippen molar-refractivity contribution in [1.29, 1.82) is 0 Å². The van der Waals surface area contributed by atoms with Crippen LogP contribution in [0.3, 0.4) is 0 Å². The zero-order valence-electron chi connectivity index (χ0n) is 10.4. The summed E-state index contributed by atoms with van der Waals surface area (Å²) < 4.78 is 39.8. The van der Waals surface area contributed by atoms with E-state index in [2.05, 4.69) is 0 Å². The van der Waals surface area contributed by atoms with Crippen LogP contribution in [0.1, 0.15) is 6.92 Å². The van der Waals surface area contributed by atoms with Gasteiger partial charge < -0.3 is 5.11 Å². The van der Waals surface area contributed by atoms with Crippen molar-refractivity contribution in [3.63, 3.8) is 0 Å². The van der Waals surface area contributed by atoms with Gasteiger partial charge in [0.25, 0.3) is 0 Å². The first-order valence-electron chi connectivity index (χ1n) is 5.93. The summed E-state index contributed by atoms with van der Waals surface area (Å²) in [6.07, 6.45) is 0. The molecule has 4 nitrogen and oxygen atoms in total. The summed E-state index contributed by atoms with van der Waals surface area (Å²) in [5.74, 6) is -0.997. The summed E-state index contributed by atoms with van der Waals surface area (Å²) in [4.78, 5) is -0.411. The van der Waals surface area contributed by atoms with Crippen LogP contribution in [-0.4, -0.2) is 37.5 Å². The fourth-order valence-electron chi connectivity index (χ4n) is 2.24. The number of rotatable bonds is 3. The predicted octanol–water partition coefficient (Wildman–Crippen LogP) is 1.73. The molecule has 0 spiro atoms. The second kappa shape index (κ2) is 5.36. The van der Waals surface area contributed by atoms with Crippen LogP contribution in [0.4, 0.5) is 4.39 Å². The minimum absolute atomic E-state index is 0.0435. The monoisotopic (exact) mass is 307 g/mol. The van der Waals surface area contributed by atoms with Gasteiger partial charge in [-0.2, -0.15) is 4.31 Å². The molecule has 0 aromatic heterocycles. The van der Waals surface area contributed by atoms with Crippen molar-refractivity contribution < 1.29 is 17.9 Å². The number of sulfonamides is 1. The Kier molecular flexibility index (Phi) is 4.15. The molecule has 0 aliphatic carbocycles. The molecule has 1 aliphatic rings. The van der Waals surface area contributed by atoms with E-state index in [9.17, 15) is 17.9 Å². The van der Waals surface area contributed by atoms with Crippen LogP contribution in [0.5, 0.6) is 0 Å². The highest BCUT2D eigenvalue weighted by atomic mass is 35.5. The Morgan fingerprint density at radius 2 is 2.16 bits per heavy atom. The second-order valence-corrected chi connectivity index (χ2v) is 7.11. The Morgan fingerprint density at radius 1 is 1.47 bits per heavy atom. The number of hydrogen-bond acceptors (Lipinski definition) is 3. The van der Waals surface area contributed by atoms with Gasteiger partial charge in [0.15, 0.2) is 5.82 Å². The summed E-state index contributed by atoms with van der Waals surface area (Å²) in [5, 5.41) is 8.96. The first-order chi connectivity index (χ1) is 8.87. The van der Waals surface area contributed by atoms with Gasteiger partial charge in [0.05, 0.1) is 5.02 Å². The lowest BCUT2D eigenvalue weighted by molar-refractivity contribution is 0.210. The molecular weight excluding hydrogens is 293 g/mol. The molecule has 2 rings (SSSR count). The summed E-state index contributed by atoms with van der Waals surface area (Å²) in [7, 11) is -3.91. The van der Waals surface area contributed by atoms with Gasteiger partial charge in [-0.25, -0.2) is 12.8 Å². The van der Waals surface area contributed by atoms with Crippen LogP contribution < -0.4 is 0 Å². The fourth-order valence-corrected chi connectivity index (χ4v) is 4.16. The van der Waals surface area contributed by atoms with Crippen LogP contribution >= 0.6 is 11.6 Å². The molecule has 1 saturated heterocycles. The Bertz CT molecular complexity index is 578. The lowest BCUT2D eigenvalue weighted by atomic mass is 10.00. The molecule has 0 bridgehead atoms. The molecule has 1 N–H and O–H groups in total. The minimum Gasteiger partial charge on any atom is -0.396 e.